The van der Waals surface area contributed by atoms with Crippen LogP contribution in [0.25, 0.3) is 0 Å². The number of carbonyl (C=O) groups is 3. The van der Waals surface area contributed by atoms with E-state index in [2.05, 4.69) is 10.6 Å². The molecule has 0 spiro atoms. The molecule has 108 valence electrons. The van der Waals surface area contributed by atoms with Gasteiger partial charge < -0.3 is 20.5 Å². The summed E-state index contributed by atoms with van der Waals surface area (Å²) in [5, 5.41) is 13.8. The number of amides is 2. The van der Waals surface area contributed by atoms with E-state index in [1.807, 2.05) is 0 Å². The molecule has 19 heavy (non-hydrogen) atoms. The van der Waals surface area contributed by atoms with Crippen LogP contribution in [0.3, 0.4) is 0 Å². The Labute approximate surface area is 112 Å². The summed E-state index contributed by atoms with van der Waals surface area (Å²) in [7, 11) is 1.53. The van der Waals surface area contributed by atoms with Crippen molar-refractivity contribution in [1.29, 1.82) is 0 Å². The van der Waals surface area contributed by atoms with Gasteiger partial charge in [-0.05, 0) is 13.8 Å². The fourth-order valence-electron chi connectivity index (χ4n) is 1.13. The van der Waals surface area contributed by atoms with Gasteiger partial charge >= 0.3 is 5.97 Å². The second-order valence-electron chi connectivity index (χ2n) is 3.90. The van der Waals surface area contributed by atoms with Crippen molar-refractivity contribution < 1.29 is 24.2 Å². The molecule has 7 heteroatoms. The normalized spacial score (nSPS) is 11.5. The van der Waals surface area contributed by atoms with Gasteiger partial charge in [0, 0.05) is 37.8 Å². The molecule has 0 bridgehead atoms. The van der Waals surface area contributed by atoms with Crippen molar-refractivity contribution in [1.82, 2.24) is 10.6 Å². The van der Waals surface area contributed by atoms with Crippen LogP contribution in [-0.4, -0.2) is 49.7 Å². The van der Waals surface area contributed by atoms with Crippen LogP contribution in [0.2, 0.25) is 0 Å². The Kier molecular flexibility index (Phi) is 8.19. The summed E-state index contributed by atoms with van der Waals surface area (Å²) < 4.78 is 4.77. The number of methoxy groups -OCH3 is 1. The molecular formula is C12H20N2O5. The topological polar surface area (TPSA) is 105 Å². The number of hydrogen-bond acceptors (Lipinski definition) is 4. The van der Waals surface area contributed by atoms with Gasteiger partial charge in [-0.3, -0.25) is 9.59 Å². The van der Waals surface area contributed by atoms with Gasteiger partial charge in [0.15, 0.2) is 0 Å². The number of nitrogens with one attached hydrogen (secondary N) is 2. The van der Waals surface area contributed by atoms with Gasteiger partial charge in [-0.2, -0.15) is 0 Å². The van der Waals surface area contributed by atoms with E-state index in [1.165, 1.54) is 21.0 Å². The summed E-state index contributed by atoms with van der Waals surface area (Å²) in [5.74, 6) is -1.82. The molecule has 0 saturated heterocycles. The molecule has 0 unspecified atom stereocenters. The predicted octanol–water partition coefficient (Wildman–Crippen LogP) is -0.324. The molecule has 0 fully saturated rings. The Bertz CT molecular complexity index is 376. The second kappa shape index (κ2) is 9.09. The summed E-state index contributed by atoms with van der Waals surface area (Å²) in [5.41, 5.74) is 0.120. The fraction of sp³-hybridized carbons (Fsp3) is 0.583. The number of ether oxygens (including phenoxy) is 1. The summed E-state index contributed by atoms with van der Waals surface area (Å²) in [6.07, 6.45) is 0.134. The maximum Gasteiger partial charge on any atom is 0.331 e. The summed E-state index contributed by atoms with van der Waals surface area (Å²) >= 11 is 0. The molecule has 7 nitrogen and oxygen atoms in total. The van der Waals surface area contributed by atoms with Crippen LogP contribution in [0, 0.1) is 0 Å². The molecule has 0 aromatic rings. The van der Waals surface area contributed by atoms with Gasteiger partial charge in [0.1, 0.15) is 0 Å². The van der Waals surface area contributed by atoms with E-state index in [1.54, 1.807) is 0 Å². The van der Waals surface area contributed by atoms with Gasteiger partial charge in [0.2, 0.25) is 11.8 Å². The monoisotopic (exact) mass is 272 g/mol. The first kappa shape index (κ1) is 17.1. The quantitative estimate of drug-likeness (QED) is 0.415. The van der Waals surface area contributed by atoms with Crippen LogP contribution in [0.5, 0.6) is 0 Å². The number of hydrogen-bond donors (Lipinski definition) is 3. The van der Waals surface area contributed by atoms with Crippen LogP contribution in [0.4, 0.5) is 0 Å². The molecule has 0 aliphatic heterocycles. The molecule has 0 radical (unpaired) electrons. The molecule has 0 aromatic heterocycles. The SMILES string of the molecule is COCCNC(=O)CCNC(=O)C(C)=C(C)C(=O)O. The van der Waals surface area contributed by atoms with Crippen molar-refractivity contribution in [2.75, 3.05) is 26.8 Å². The van der Waals surface area contributed by atoms with Gasteiger partial charge in [-0.25, -0.2) is 4.79 Å². The summed E-state index contributed by atoms with van der Waals surface area (Å²) in [4.78, 5) is 33.5. The van der Waals surface area contributed by atoms with Crippen LogP contribution in [-0.2, 0) is 19.1 Å². The zero-order valence-electron chi connectivity index (χ0n) is 11.4. The Balaban J connectivity index is 4.02. The molecule has 0 aromatic carbocycles. The van der Waals surface area contributed by atoms with E-state index in [9.17, 15) is 14.4 Å². The lowest BCUT2D eigenvalue weighted by molar-refractivity contribution is -0.133. The largest absolute Gasteiger partial charge is 0.478 e. The number of carboxylic acid groups (broad SMARTS) is 1. The van der Waals surface area contributed by atoms with Crippen molar-refractivity contribution in [3.05, 3.63) is 11.1 Å². The molecule has 0 atom stereocenters. The lowest BCUT2D eigenvalue weighted by atomic mass is 10.1. The molecule has 3 N–H and O–H groups in total. The average molecular weight is 272 g/mol. The molecular weight excluding hydrogens is 252 g/mol. The van der Waals surface area contributed by atoms with Crippen molar-refractivity contribution in [2.45, 2.75) is 20.3 Å². The predicted molar refractivity (Wildman–Crippen MR) is 68.5 cm³/mol. The third kappa shape index (κ3) is 7.20. The third-order valence-electron chi connectivity index (χ3n) is 2.49. The van der Waals surface area contributed by atoms with Gasteiger partial charge in [-0.15, -0.1) is 0 Å². The number of rotatable bonds is 8. The Morgan fingerprint density at radius 2 is 1.68 bits per heavy atom. The molecule has 0 heterocycles. The lowest BCUT2D eigenvalue weighted by Crippen LogP contribution is -2.32. The van der Waals surface area contributed by atoms with Gasteiger partial charge in [0.05, 0.1) is 6.61 Å². The number of carbonyl (C=O) groups excluding carboxylic acids is 2. The van der Waals surface area contributed by atoms with Gasteiger partial charge in [-0.1, -0.05) is 0 Å². The Hall–Kier alpha value is -1.89. The fourth-order valence-corrected chi connectivity index (χ4v) is 1.13. The minimum Gasteiger partial charge on any atom is -0.478 e. The highest BCUT2D eigenvalue weighted by molar-refractivity contribution is 6.01. The van der Waals surface area contributed by atoms with E-state index in [4.69, 9.17) is 9.84 Å². The summed E-state index contributed by atoms with van der Waals surface area (Å²) in [6.45, 7) is 3.78. The summed E-state index contributed by atoms with van der Waals surface area (Å²) in [6, 6.07) is 0. The van der Waals surface area contributed by atoms with Crippen molar-refractivity contribution in [3.63, 3.8) is 0 Å². The first-order chi connectivity index (χ1) is 8.90. The lowest BCUT2D eigenvalue weighted by Gasteiger charge is -2.07. The maximum absolute atomic E-state index is 11.5. The highest BCUT2D eigenvalue weighted by Gasteiger charge is 2.12. The highest BCUT2D eigenvalue weighted by Crippen LogP contribution is 2.03. The number of aliphatic carboxylic acids is 1. The van der Waals surface area contributed by atoms with Crippen molar-refractivity contribution in [2.24, 2.45) is 0 Å². The molecule has 0 saturated carbocycles. The maximum atomic E-state index is 11.5. The molecule has 2 amide bonds. The van der Waals surface area contributed by atoms with Crippen LogP contribution < -0.4 is 10.6 Å². The van der Waals surface area contributed by atoms with Gasteiger partial charge in [0.25, 0.3) is 0 Å². The zero-order valence-corrected chi connectivity index (χ0v) is 11.4. The van der Waals surface area contributed by atoms with Crippen molar-refractivity contribution >= 4 is 17.8 Å². The average Bonchev–Trinajstić information content (AvgIpc) is 2.37. The minimum atomic E-state index is -1.13. The highest BCUT2D eigenvalue weighted by atomic mass is 16.5. The van der Waals surface area contributed by atoms with Crippen molar-refractivity contribution in [3.8, 4) is 0 Å². The van der Waals surface area contributed by atoms with E-state index in [0.29, 0.717) is 13.2 Å². The smallest absolute Gasteiger partial charge is 0.331 e. The van der Waals surface area contributed by atoms with E-state index >= 15 is 0 Å². The Morgan fingerprint density at radius 3 is 2.21 bits per heavy atom. The molecule has 0 aliphatic carbocycles. The van der Waals surface area contributed by atoms with E-state index in [0.717, 1.165) is 0 Å². The first-order valence-corrected chi connectivity index (χ1v) is 5.84. The molecule has 0 aliphatic rings. The van der Waals surface area contributed by atoms with Crippen LogP contribution in [0.1, 0.15) is 20.3 Å². The van der Waals surface area contributed by atoms with E-state index < -0.39 is 11.9 Å². The zero-order chi connectivity index (χ0) is 14.8. The first-order valence-electron chi connectivity index (χ1n) is 5.84. The Morgan fingerprint density at radius 1 is 1.05 bits per heavy atom. The minimum absolute atomic E-state index is 0.0120. The number of carboxylic acids is 1. The third-order valence-corrected chi connectivity index (χ3v) is 2.49. The molecule has 0 rings (SSSR count). The van der Waals surface area contributed by atoms with Crippen LogP contribution >= 0.6 is 0 Å². The van der Waals surface area contributed by atoms with Crippen LogP contribution in [0.15, 0.2) is 11.1 Å². The van der Waals surface area contributed by atoms with E-state index in [-0.39, 0.29) is 30.0 Å². The second-order valence-corrected chi connectivity index (χ2v) is 3.90. The standard InChI is InChI=1S/C12H20N2O5/c1-8(9(2)12(17)18)11(16)14-5-4-10(15)13-6-7-19-3/h4-7H2,1-3H3,(H,13,15)(H,14,16)(H,17,18).